The lowest BCUT2D eigenvalue weighted by Gasteiger charge is -2.10. The van der Waals surface area contributed by atoms with Crippen molar-refractivity contribution in [3.05, 3.63) is 47.2 Å². The van der Waals surface area contributed by atoms with Crippen LogP contribution in [0.1, 0.15) is 5.76 Å². The largest absolute Gasteiger partial charge is 0.460 e. The third kappa shape index (κ3) is 4.33. The molecule has 2 aromatic rings. The first-order valence-electron chi connectivity index (χ1n) is 5.65. The highest BCUT2D eigenvalue weighted by Gasteiger charge is 2.06. The summed E-state index contributed by atoms with van der Waals surface area (Å²) in [4.78, 5) is 2.02. The Morgan fingerprint density at radius 3 is 2.53 bits per heavy atom. The first kappa shape index (κ1) is 15.7. The van der Waals surface area contributed by atoms with Crippen LogP contribution in [0.5, 0.6) is 0 Å². The Morgan fingerprint density at radius 1 is 1.21 bits per heavy atom. The van der Waals surface area contributed by atoms with Gasteiger partial charge in [0.05, 0.1) is 13.1 Å². The van der Waals surface area contributed by atoms with E-state index in [0.29, 0.717) is 13.1 Å². The minimum atomic E-state index is 0. The second kappa shape index (κ2) is 7.25. The van der Waals surface area contributed by atoms with Crippen LogP contribution in [0.25, 0.3) is 11.3 Å². The monoisotopic (exact) mass is 295 g/mol. The summed E-state index contributed by atoms with van der Waals surface area (Å²) in [7, 11) is 1.96. The molecule has 1 aromatic heterocycles. The van der Waals surface area contributed by atoms with Crippen LogP contribution in [0.3, 0.4) is 0 Å². The van der Waals surface area contributed by atoms with Crippen molar-refractivity contribution >= 4 is 24.0 Å². The fourth-order valence-electron chi connectivity index (χ4n) is 1.71. The van der Waals surface area contributed by atoms with Crippen LogP contribution in [0.4, 0.5) is 0 Å². The number of nitrogens with zero attached hydrogens (tertiary/aromatic N) is 1. The van der Waals surface area contributed by atoms with Crippen molar-refractivity contribution in [3.8, 4) is 23.7 Å². The van der Waals surface area contributed by atoms with Gasteiger partial charge < -0.3 is 4.42 Å². The van der Waals surface area contributed by atoms with E-state index in [2.05, 4.69) is 5.92 Å². The molecule has 2 rings (SSSR count). The van der Waals surface area contributed by atoms with Gasteiger partial charge in [-0.2, -0.15) is 0 Å². The van der Waals surface area contributed by atoms with Crippen molar-refractivity contribution in [3.63, 3.8) is 0 Å². The maximum Gasteiger partial charge on any atom is 0.134 e. The van der Waals surface area contributed by atoms with E-state index in [9.17, 15) is 0 Å². The topological polar surface area (TPSA) is 16.4 Å². The average Bonchev–Trinajstić information content (AvgIpc) is 2.78. The number of terminal acetylenes is 1. The van der Waals surface area contributed by atoms with Crippen molar-refractivity contribution in [2.24, 2.45) is 0 Å². The van der Waals surface area contributed by atoms with Gasteiger partial charge in [-0.05, 0) is 43.4 Å². The Labute approximate surface area is 124 Å². The Morgan fingerprint density at radius 2 is 1.89 bits per heavy atom. The molecule has 0 aliphatic rings. The zero-order chi connectivity index (χ0) is 13.0. The summed E-state index contributed by atoms with van der Waals surface area (Å²) in [6.07, 6.45) is 5.26. The van der Waals surface area contributed by atoms with Gasteiger partial charge in [-0.25, -0.2) is 0 Å². The van der Waals surface area contributed by atoms with Crippen LogP contribution in [-0.4, -0.2) is 18.5 Å². The lowest BCUT2D eigenvalue weighted by Crippen LogP contribution is -2.17. The van der Waals surface area contributed by atoms with Gasteiger partial charge in [-0.15, -0.1) is 18.8 Å². The molecule has 4 heteroatoms. The fraction of sp³-hybridized carbons (Fsp3) is 0.200. The van der Waals surface area contributed by atoms with Crippen molar-refractivity contribution in [2.75, 3.05) is 13.6 Å². The smallest absolute Gasteiger partial charge is 0.134 e. The van der Waals surface area contributed by atoms with Crippen molar-refractivity contribution in [1.82, 2.24) is 4.90 Å². The summed E-state index contributed by atoms with van der Waals surface area (Å²) in [6, 6.07) is 11.5. The van der Waals surface area contributed by atoms with Crippen LogP contribution < -0.4 is 0 Å². The van der Waals surface area contributed by atoms with Crippen molar-refractivity contribution in [2.45, 2.75) is 6.54 Å². The van der Waals surface area contributed by atoms with E-state index in [1.165, 1.54) is 0 Å². The van der Waals surface area contributed by atoms with E-state index in [0.717, 1.165) is 22.1 Å². The molecule has 2 nitrogen and oxygen atoms in total. The summed E-state index contributed by atoms with van der Waals surface area (Å²) in [5, 5.41) is 0.722. The molecule has 100 valence electrons. The zero-order valence-corrected chi connectivity index (χ0v) is 12.2. The quantitative estimate of drug-likeness (QED) is 0.790. The van der Waals surface area contributed by atoms with Crippen LogP contribution in [0, 0.1) is 12.3 Å². The molecule has 0 atom stereocenters. The maximum absolute atomic E-state index is 5.85. The van der Waals surface area contributed by atoms with Gasteiger partial charge in [0.25, 0.3) is 0 Å². The van der Waals surface area contributed by atoms with Gasteiger partial charge >= 0.3 is 0 Å². The molecule has 0 fully saturated rings. The first-order chi connectivity index (χ1) is 8.69. The standard InChI is InChI=1S/C15H14ClNO.ClH/c1-3-10-17(2)11-14-8-9-15(18-14)12-4-6-13(16)7-5-12;/h1,4-9H,10-11H2,2H3;1H. The van der Waals surface area contributed by atoms with Crippen molar-refractivity contribution < 1.29 is 4.42 Å². The summed E-state index contributed by atoms with van der Waals surface area (Å²) in [5.41, 5.74) is 1.02. The molecule has 0 N–H and O–H groups in total. The van der Waals surface area contributed by atoms with E-state index < -0.39 is 0 Å². The number of benzene rings is 1. The van der Waals surface area contributed by atoms with Gasteiger partial charge in [-0.3, -0.25) is 4.90 Å². The highest BCUT2D eigenvalue weighted by molar-refractivity contribution is 6.30. The number of rotatable bonds is 4. The van der Waals surface area contributed by atoms with E-state index in [-0.39, 0.29) is 12.4 Å². The molecule has 1 aromatic carbocycles. The third-order valence-electron chi connectivity index (χ3n) is 2.58. The van der Waals surface area contributed by atoms with Gasteiger partial charge in [0.15, 0.2) is 0 Å². The highest BCUT2D eigenvalue weighted by Crippen LogP contribution is 2.24. The molecule has 0 saturated carbocycles. The highest BCUT2D eigenvalue weighted by atomic mass is 35.5. The number of halogens is 2. The Kier molecular flexibility index (Phi) is 5.98. The molecule has 0 unspecified atom stereocenters. The summed E-state index contributed by atoms with van der Waals surface area (Å²) in [5.74, 6) is 4.35. The number of furan rings is 1. The average molecular weight is 296 g/mol. The first-order valence-corrected chi connectivity index (χ1v) is 6.03. The molecule has 0 bridgehead atoms. The van der Waals surface area contributed by atoms with Crippen LogP contribution in [-0.2, 0) is 6.54 Å². The van der Waals surface area contributed by atoms with Gasteiger partial charge in [-0.1, -0.05) is 17.5 Å². The third-order valence-corrected chi connectivity index (χ3v) is 2.83. The summed E-state index contributed by atoms with van der Waals surface area (Å²) in [6.45, 7) is 1.31. The normalized spacial score (nSPS) is 10.0. The van der Waals surface area contributed by atoms with Crippen LogP contribution in [0.2, 0.25) is 5.02 Å². The molecule has 0 spiro atoms. The SMILES string of the molecule is C#CCN(C)Cc1ccc(-c2ccc(Cl)cc2)o1.Cl. The Bertz CT molecular complexity index is 554. The molecule has 0 saturated heterocycles. The maximum atomic E-state index is 5.85. The molecular formula is C15H15Cl2NO. The van der Waals surface area contributed by atoms with Crippen LogP contribution >= 0.6 is 24.0 Å². The molecule has 1 heterocycles. The predicted octanol–water partition coefficient (Wildman–Crippen LogP) is 4.09. The Hall–Kier alpha value is -1.40. The minimum absolute atomic E-state index is 0. The minimum Gasteiger partial charge on any atom is -0.460 e. The molecule has 0 amide bonds. The lowest BCUT2D eigenvalue weighted by atomic mass is 10.2. The number of hydrogen-bond acceptors (Lipinski definition) is 2. The van der Waals surface area contributed by atoms with Gasteiger partial charge in [0, 0.05) is 10.6 Å². The van der Waals surface area contributed by atoms with Gasteiger partial charge in [0.2, 0.25) is 0 Å². The second-order valence-corrected chi connectivity index (χ2v) is 4.59. The van der Waals surface area contributed by atoms with E-state index in [1.807, 2.05) is 48.3 Å². The molecule has 0 aliphatic heterocycles. The number of hydrogen-bond donors (Lipinski definition) is 0. The lowest BCUT2D eigenvalue weighted by molar-refractivity contribution is 0.329. The molecule has 0 radical (unpaired) electrons. The second-order valence-electron chi connectivity index (χ2n) is 4.15. The fourth-order valence-corrected chi connectivity index (χ4v) is 1.84. The Balaban J connectivity index is 0.00000180. The van der Waals surface area contributed by atoms with E-state index in [1.54, 1.807) is 0 Å². The molecule has 0 aliphatic carbocycles. The summed E-state index contributed by atoms with van der Waals surface area (Å²) < 4.78 is 5.77. The zero-order valence-electron chi connectivity index (χ0n) is 10.6. The van der Waals surface area contributed by atoms with Crippen molar-refractivity contribution in [1.29, 1.82) is 0 Å². The molecule has 19 heavy (non-hydrogen) atoms. The molecular weight excluding hydrogens is 281 g/mol. The predicted molar refractivity (Wildman–Crippen MR) is 81.6 cm³/mol. The van der Waals surface area contributed by atoms with Crippen LogP contribution in [0.15, 0.2) is 40.8 Å². The van der Waals surface area contributed by atoms with E-state index in [4.69, 9.17) is 22.4 Å². The van der Waals surface area contributed by atoms with Gasteiger partial charge in [0.1, 0.15) is 11.5 Å². The summed E-state index contributed by atoms with van der Waals surface area (Å²) >= 11 is 5.85. The van der Waals surface area contributed by atoms with E-state index >= 15 is 0 Å².